The summed E-state index contributed by atoms with van der Waals surface area (Å²) in [6, 6.07) is 6.03. The lowest BCUT2D eigenvalue weighted by atomic mass is 10.2. The zero-order chi connectivity index (χ0) is 11.5. The highest BCUT2D eigenvalue weighted by atomic mass is 79.9. The molecular weight excluding hydrogens is 270 g/mol. The number of aromatic nitrogens is 2. The van der Waals surface area contributed by atoms with E-state index < -0.39 is 0 Å². The molecule has 0 spiro atoms. The molecule has 4 nitrogen and oxygen atoms in total. The van der Waals surface area contributed by atoms with Gasteiger partial charge in [-0.1, -0.05) is 0 Å². The normalized spacial score (nSPS) is 12.9. The van der Waals surface area contributed by atoms with E-state index in [0.717, 1.165) is 22.7 Å². The van der Waals surface area contributed by atoms with Crippen molar-refractivity contribution >= 4 is 15.9 Å². The van der Waals surface area contributed by atoms with Crippen LogP contribution in [0.25, 0.3) is 0 Å². The summed E-state index contributed by atoms with van der Waals surface area (Å²) in [5.41, 5.74) is 1.03. The standard InChI is InChI=1S/C11H14BrN3O/c1-8(10-3-4-11(12)16-10)13-7-9-5-6-15(2)14-9/h3-6,8,13H,7H2,1-2H3. The van der Waals surface area contributed by atoms with Crippen molar-refractivity contribution in [3.05, 3.63) is 40.5 Å². The Hall–Kier alpha value is -1.07. The van der Waals surface area contributed by atoms with E-state index in [1.54, 1.807) is 4.68 Å². The fraction of sp³-hybridized carbons (Fsp3) is 0.364. The third-order valence-electron chi connectivity index (χ3n) is 2.38. The third kappa shape index (κ3) is 2.74. The van der Waals surface area contributed by atoms with Gasteiger partial charge in [0, 0.05) is 19.8 Å². The summed E-state index contributed by atoms with van der Waals surface area (Å²) in [5, 5.41) is 7.65. The number of aryl methyl sites for hydroxylation is 1. The molecule has 0 saturated carbocycles. The maximum Gasteiger partial charge on any atom is 0.169 e. The molecule has 1 unspecified atom stereocenters. The van der Waals surface area contributed by atoms with Gasteiger partial charge in [-0.2, -0.15) is 5.10 Å². The Kier molecular flexibility index (Phi) is 3.46. The van der Waals surface area contributed by atoms with E-state index in [4.69, 9.17) is 4.42 Å². The van der Waals surface area contributed by atoms with E-state index >= 15 is 0 Å². The number of nitrogens with one attached hydrogen (secondary N) is 1. The van der Waals surface area contributed by atoms with Crippen molar-refractivity contribution in [2.45, 2.75) is 19.5 Å². The monoisotopic (exact) mass is 283 g/mol. The van der Waals surface area contributed by atoms with E-state index in [0.29, 0.717) is 0 Å². The van der Waals surface area contributed by atoms with Crippen LogP contribution >= 0.6 is 15.9 Å². The highest BCUT2D eigenvalue weighted by molar-refractivity contribution is 9.10. The Balaban J connectivity index is 1.91. The number of furan rings is 1. The summed E-state index contributed by atoms with van der Waals surface area (Å²) in [6.07, 6.45) is 1.94. The molecule has 0 amide bonds. The lowest BCUT2D eigenvalue weighted by Gasteiger charge is -2.09. The van der Waals surface area contributed by atoms with Crippen LogP contribution in [0.1, 0.15) is 24.4 Å². The zero-order valence-electron chi connectivity index (χ0n) is 9.27. The fourth-order valence-corrected chi connectivity index (χ4v) is 1.80. The summed E-state index contributed by atoms with van der Waals surface area (Å²) in [5.74, 6) is 0.919. The van der Waals surface area contributed by atoms with Crippen LogP contribution in [-0.4, -0.2) is 9.78 Å². The summed E-state index contributed by atoms with van der Waals surface area (Å²) >= 11 is 3.29. The number of hydrogen-bond acceptors (Lipinski definition) is 3. The lowest BCUT2D eigenvalue weighted by molar-refractivity contribution is 0.416. The van der Waals surface area contributed by atoms with Crippen LogP contribution in [0.3, 0.4) is 0 Å². The predicted molar refractivity (Wildman–Crippen MR) is 64.9 cm³/mol. The first-order chi connectivity index (χ1) is 7.65. The number of rotatable bonds is 4. The van der Waals surface area contributed by atoms with E-state index in [-0.39, 0.29) is 6.04 Å². The topological polar surface area (TPSA) is 43.0 Å². The summed E-state index contributed by atoms with van der Waals surface area (Å²) in [4.78, 5) is 0. The van der Waals surface area contributed by atoms with Gasteiger partial charge in [-0.05, 0) is 41.1 Å². The zero-order valence-corrected chi connectivity index (χ0v) is 10.9. The van der Waals surface area contributed by atoms with Crippen molar-refractivity contribution in [1.29, 1.82) is 0 Å². The first kappa shape index (κ1) is 11.4. The van der Waals surface area contributed by atoms with Crippen molar-refractivity contribution in [3.63, 3.8) is 0 Å². The highest BCUT2D eigenvalue weighted by Gasteiger charge is 2.09. The predicted octanol–water partition coefficient (Wildman–Crippen LogP) is 2.63. The largest absolute Gasteiger partial charge is 0.453 e. The van der Waals surface area contributed by atoms with Crippen LogP contribution in [-0.2, 0) is 13.6 Å². The minimum absolute atomic E-state index is 0.174. The molecule has 0 aromatic carbocycles. The van der Waals surface area contributed by atoms with Crippen LogP contribution < -0.4 is 5.32 Å². The molecule has 2 aromatic heterocycles. The van der Waals surface area contributed by atoms with Gasteiger partial charge in [-0.15, -0.1) is 0 Å². The summed E-state index contributed by atoms with van der Waals surface area (Å²) < 4.78 is 8.02. The number of hydrogen-bond donors (Lipinski definition) is 1. The van der Waals surface area contributed by atoms with Gasteiger partial charge in [0.15, 0.2) is 4.67 Å². The molecule has 0 aliphatic heterocycles. The number of nitrogens with zero attached hydrogens (tertiary/aromatic N) is 2. The molecule has 2 aromatic rings. The van der Waals surface area contributed by atoms with Gasteiger partial charge in [0.25, 0.3) is 0 Å². The number of halogens is 1. The molecule has 86 valence electrons. The van der Waals surface area contributed by atoms with Crippen LogP contribution in [0.2, 0.25) is 0 Å². The van der Waals surface area contributed by atoms with Gasteiger partial charge < -0.3 is 9.73 Å². The Morgan fingerprint density at radius 2 is 2.31 bits per heavy atom. The van der Waals surface area contributed by atoms with E-state index in [9.17, 15) is 0 Å². The third-order valence-corrected chi connectivity index (χ3v) is 2.81. The quantitative estimate of drug-likeness (QED) is 0.938. The van der Waals surface area contributed by atoms with E-state index in [1.807, 2.05) is 31.4 Å². The van der Waals surface area contributed by atoms with Crippen molar-refractivity contribution in [1.82, 2.24) is 15.1 Å². The molecule has 5 heteroatoms. The summed E-state index contributed by atoms with van der Waals surface area (Å²) in [6.45, 7) is 2.80. The molecule has 0 saturated heterocycles. The average molecular weight is 284 g/mol. The van der Waals surface area contributed by atoms with Gasteiger partial charge in [0.1, 0.15) is 5.76 Å². The molecule has 1 atom stereocenters. The molecule has 0 bridgehead atoms. The molecule has 2 rings (SSSR count). The van der Waals surface area contributed by atoms with E-state index in [2.05, 4.69) is 33.3 Å². The molecule has 16 heavy (non-hydrogen) atoms. The van der Waals surface area contributed by atoms with E-state index in [1.165, 1.54) is 0 Å². The highest BCUT2D eigenvalue weighted by Crippen LogP contribution is 2.20. The average Bonchev–Trinajstić information content (AvgIpc) is 2.84. The molecule has 0 aliphatic carbocycles. The fourth-order valence-electron chi connectivity index (χ4n) is 1.48. The molecule has 0 radical (unpaired) electrons. The second kappa shape index (κ2) is 4.84. The molecule has 2 heterocycles. The Labute approximate surface area is 103 Å². The maximum atomic E-state index is 5.47. The van der Waals surface area contributed by atoms with Crippen molar-refractivity contribution in [2.24, 2.45) is 7.05 Å². The van der Waals surface area contributed by atoms with Crippen molar-refractivity contribution in [2.75, 3.05) is 0 Å². The van der Waals surface area contributed by atoms with Gasteiger partial charge in [0.05, 0.1) is 11.7 Å². The van der Waals surface area contributed by atoms with Gasteiger partial charge in [-0.3, -0.25) is 4.68 Å². The smallest absolute Gasteiger partial charge is 0.169 e. The maximum absolute atomic E-state index is 5.47. The van der Waals surface area contributed by atoms with Crippen molar-refractivity contribution in [3.8, 4) is 0 Å². The SMILES string of the molecule is CC(NCc1ccn(C)n1)c1ccc(Br)o1. The molecular formula is C11H14BrN3O. The second-order valence-electron chi connectivity index (χ2n) is 3.73. The summed E-state index contributed by atoms with van der Waals surface area (Å²) in [7, 11) is 1.91. The van der Waals surface area contributed by atoms with Crippen LogP contribution in [0.4, 0.5) is 0 Å². The Morgan fingerprint density at radius 1 is 1.50 bits per heavy atom. The molecule has 1 N–H and O–H groups in total. The van der Waals surface area contributed by atoms with Gasteiger partial charge in [0.2, 0.25) is 0 Å². The minimum Gasteiger partial charge on any atom is -0.453 e. The van der Waals surface area contributed by atoms with Crippen molar-refractivity contribution < 1.29 is 4.42 Å². The van der Waals surface area contributed by atoms with Gasteiger partial charge >= 0.3 is 0 Å². The lowest BCUT2D eigenvalue weighted by Crippen LogP contribution is -2.18. The van der Waals surface area contributed by atoms with Crippen LogP contribution in [0.15, 0.2) is 33.5 Å². The van der Waals surface area contributed by atoms with Crippen LogP contribution in [0, 0.1) is 0 Å². The second-order valence-corrected chi connectivity index (χ2v) is 4.51. The Bertz CT molecular complexity index is 463. The first-order valence-corrected chi connectivity index (χ1v) is 5.91. The molecule has 0 aliphatic rings. The minimum atomic E-state index is 0.174. The van der Waals surface area contributed by atoms with Gasteiger partial charge in [-0.25, -0.2) is 0 Å². The Morgan fingerprint density at radius 3 is 2.88 bits per heavy atom. The molecule has 0 fully saturated rings. The first-order valence-electron chi connectivity index (χ1n) is 5.12. The van der Waals surface area contributed by atoms with Crippen LogP contribution in [0.5, 0.6) is 0 Å².